The van der Waals surface area contributed by atoms with Crippen LogP contribution in [0, 0.1) is 6.92 Å². The van der Waals surface area contributed by atoms with Gasteiger partial charge in [0.15, 0.2) is 0 Å². The van der Waals surface area contributed by atoms with Crippen LogP contribution in [0.25, 0.3) is 0 Å². The van der Waals surface area contributed by atoms with Crippen LogP contribution in [0.5, 0.6) is 5.75 Å². The Hall–Kier alpha value is -2.62. The van der Waals surface area contributed by atoms with Crippen molar-refractivity contribution in [3.05, 3.63) is 59.7 Å². The van der Waals surface area contributed by atoms with E-state index in [0.29, 0.717) is 17.0 Å². The van der Waals surface area contributed by atoms with Gasteiger partial charge in [0.1, 0.15) is 5.75 Å². The van der Waals surface area contributed by atoms with Gasteiger partial charge in [0.05, 0.1) is 7.11 Å². The summed E-state index contributed by atoms with van der Waals surface area (Å²) in [7, 11) is 1.56. The lowest BCUT2D eigenvalue weighted by Gasteiger charge is -2.07. The summed E-state index contributed by atoms with van der Waals surface area (Å²) >= 11 is 0. The predicted molar refractivity (Wildman–Crippen MR) is 77.1 cm³/mol. The molecule has 1 amide bonds. The quantitative estimate of drug-likeness (QED) is 0.686. The molecule has 1 N–H and O–H groups in total. The summed E-state index contributed by atoms with van der Waals surface area (Å²) in [5, 5.41) is 2.57. The van der Waals surface area contributed by atoms with E-state index in [1.165, 1.54) is 0 Å². The number of amides is 1. The molecule has 4 nitrogen and oxygen atoms in total. The summed E-state index contributed by atoms with van der Waals surface area (Å²) in [6.45, 7) is 1.82. The fourth-order valence-electron chi connectivity index (χ4n) is 1.86. The highest BCUT2D eigenvalue weighted by molar-refractivity contribution is 6.46. The lowest BCUT2D eigenvalue weighted by molar-refractivity contribution is -0.112. The van der Waals surface area contributed by atoms with Crippen molar-refractivity contribution in [2.75, 3.05) is 12.4 Å². The van der Waals surface area contributed by atoms with E-state index in [9.17, 15) is 9.59 Å². The van der Waals surface area contributed by atoms with E-state index in [0.717, 1.165) is 5.56 Å². The lowest BCUT2D eigenvalue weighted by Crippen LogP contribution is -2.22. The number of para-hydroxylation sites is 1. The fraction of sp³-hybridized carbons (Fsp3) is 0.125. The van der Waals surface area contributed by atoms with Crippen LogP contribution in [0.15, 0.2) is 48.5 Å². The van der Waals surface area contributed by atoms with Gasteiger partial charge in [-0.15, -0.1) is 0 Å². The van der Waals surface area contributed by atoms with E-state index < -0.39 is 11.7 Å². The second-order valence-corrected chi connectivity index (χ2v) is 4.33. The van der Waals surface area contributed by atoms with Crippen molar-refractivity contribution in [3.63, 3.8) is 0 Å². The highest BCUT2D eigenvalue weighted by Crippen LogP contribution is 2.19. The number of benzene rings is 2. The molecule has 2 aromatic carbocycles. The van der Waals surface area contributed by atoms with E-state index in [4.69, 9.17) is 4.74 Å². The van der Waals surface area contributed by atoms with Gasteiger partial charge in [0.2, 0.25) is 0 Å². The van der Waals surface area contributed by atoms with Gasteiger partial charge in [-0.1, -0.05) is 18.2 Å². The summed E-state index contributed by atoms with van der Waals surface area (Å²) in [4.78, 5) is 23.9. The maximum Gasteiger partial charge on any atom is 0.296 e. The first-order chi connectivity index (χ1) is 9.61. The Balaban J connectivity index is 2.15. The molecular formula is C16H15NO3. The molecule has 0 aliphatic carbocycles. The molecule has 0 aromatic heterocycles. The number of anilines is 1. The molecule has 0 radical (unpaired) electrons. The van der Waals surface area contributed by atoms with Crippen molar-refractivity contribution in [3.8, 4) is 5.75 Å². The van der Waals surface area contributed by atoms with Crippen LogP contribution in [0.4, 0.5) is 5.69 Å². The van der Waals surface area contributed by atoms with Crippen LogP contribution in [0.3, 0.4) is 0 Å². The maximum absolute atomic E-state index is 12.0. The molecular weight excluding hydrogens is 254 g/mol. The highest BCUT2D eigenvalue weighted by atomic mass is 16.5. The van der Waals surface area contributed by atoms with Crippen molar-refractivity contribution >= 4 is 17.4 Å². The Morgan fingerprint density at radius 2 is 1.75 bits per heavy atom. The molecule has 2 rings (SSSR count). The number of carbonyl (C=O) groups excluding carboxylic acids is 2. The number of methoxy groups -OCH3 is 1. The SMILES string of the molecule is COc1ccc(C(=O)C(=O)Nc2ccccc2)cc1C. The van der Waals surface area contributed by atoms with E-state index >= 15 is 0 Å². The first-order valence-corrected chi connectivity index (χ1v) is 6.17. The number of Topliss-reactive ketones (excluding diaryl/α,β-unsaturated/α-hetero) is 1. The normalized spacial score (nSPS) is 9.90. The second kappa shape index (κ2) is 6.02. The van der Waals surface area contributed by atoms with Crippen LogP contribution in [-0.4, -0.2) is 18.8 Å². The minimum atomic E-state index is -0.652. The fourth-order valence-corrected chi connectivity index (χ4v) is 1.86. The van der Waals surface area contributed by atoms with Gasteiger partial charge >= 0.3 is 0 Å². The van der Waals surface area contributed by atoms with Gasteiger partial charge < -0.3 is 10.1 Å². The van der Waals surface area contributed by atoms with Crippen molar-refractivity contribution in [2.45, 2.75) is 6.92 Å². The summed E-state index contributed by atoms with van der Waals surface area (Å²) in [6.07, 6.45) is 0. The number of carbonyl (C=O) groups is 2. The summed E-state index contributed by atoms with van der Waals surface area (Å²) in [6, 6.07) is 13.8. The third kappa shape index (κ3) is 3.03. The standard InChI is InChI=1S/C16H15NO3/c1-11-10-12(8-9-14(11)20-2)15(18)16(19)17-13-6-4-3-5-7-13/h3-10H,1-2H3,(H,17,19). The van der Waals surface area contributed by atoms with Crippen molar-refractivity contribution in [1.82, 2.24) is 0 Å². The molecule has 2 aromatic rings. The Kier molecular flexibility index (Phi) is 4.15. The van der Waals surface area contributed by atoms with Crippen LogP contribution < -0.4 is 10.1 Å². The van der Waals surface area contributed by atoms with Crippen molar-refractivity contribution in [1.29, 1.82) is 0 Å². The van der Waals surface area contributed by atoms with Gasteiger partial charge in [-0.2, -0.15) is 0 Å². The molecule has 0 fully saturated rings. The average Bonchev–Trinajstić information content (AvgIpc) is 2.47. The molecule has 0 heterocycles. The molecule has 102 valence electrons. The van der Waals surface area contributed by atoms with Crippen LogP contribution in [0.2, 0.25) is 0 Å². The largest absolute Gasteiger partial charge is 0.496 e. The zero-order valence-electron chi connectivity index (χ0n) is 11.3. The van der Waals surface area contributed by atoms with E-state index in [2.05, 4.69) is 5.32 Å². The number of hydrogen-bond acceptors (Lipinski definition) is 3. The number of aryl methyl sites for hydroxylation is 1. The number of nitrogens with one attached hydrogen (secondary N) is 1. The molecule has 0 aliphatic rings. The minimum Gasteiger partial charge on any atom is -0.496 e. The van der Waals surface area contributed by atoms with Gasteiger partial charge in [0.25, 0.3) is 11.7 Å². The molecule has 0 unspecified atom stereocenters. The van der Waals surface area contributed by atoms with Gasteiger partial charge in [0, 0.05) is 11.3 Å². The topological polar surface area (TPSA) is 55.4 Å². The third-order valence-electron chi connectivity index (χ3n) is 2.89. The Bertz CT molecular complexity index is 635. The summed E-state index contributed by atoms with van der Waals surface area (Å²) in [5.41, 5.74) is 1.75. The number of rotatable bonds is 4. The summed E-state index contributed by atoms with van der Waals surface area (Å²) in [5.74, 6) is -0.537. The second-order valence-electron chi connectivity index (χ2n) is 4.33. The van der Waals surface area contributed by atoms with Crippen LogP contribution in [-0.2, 0) is 4.79 Å². The monoisotopic (exact) mass is 269 g/mol. The molecule has 4 heteroatoms. The zero-order valence-corrected chi connectivity index (χ0v) is 11.3. The highest BCUT2D eigenvalue weighted by Gasteiger charge is 2.17. The molecule has 0 saturated heterocycles. The number of hydrogen-bond donors (Lipinski definition) is 1. The Morgan fingerprint density at radius 3 is 2.35 bits per heavy atom. The van der Waals surface area contributed by atoms with Crippen molar-refractivity contribution in [2.24, 2.45) is 0 Å². The zero-order chi connectivity index (χ0) is 14.5. The summed E-state index contributed by atoms with van der Waals surface area (Å²) < 4.78 is 5.12. The van der Waals surface area contributed by atoms with E-state index in [1.54, 1.807) is 49.6 Å². The molecule has 0 bridgehead atoms. The van der Waals surface area contributed by atoms with Gasteiger partial charge in [-0.05, 0) is 42.8 Å². The number of ether oxygens (including phenoxy) is 1. The minimum absolute atomic E-state index is 0.344. The van der Waals surface area contributed by atoms with Gasteiger partial charge in [-0.25, -0.2) is 0 Å². The predicted octanol–water partition coefficient (Wildman–Crippen LogP) is 2.83. The van der Waals surface area contributed by atoms with Crippen LogP contribution >= 0.6 is 0 Å². The van der Waals surface area contributed by atoms with E-state index in [1.807, 2.05) is 13.0 Å². The average molecular weight is 269 g/mol. The van der Waals surface area contributed by atoms with Crippen molar-refractivity contribution < 1.29 is 14.3 Å². The first kappa shape index (κ1) is 13.8. The Morgan fingerprint density at radius 1 is 1.05 bits per heavy atom. The van der Waals surface area contributed by atoms with E-state index in [-0.39, 0.29) is 0 Å². The Labute approximate surface area is 117 Å². The number of ketones is 1. The first-order valence-electron chi connectivity index (χ1n) is 6.17. The molecule has 0 spiro atoms. The lowest BCUT2D eigenvalue weighted by atomic mass is 10.1. The van der Waals surface area contributed by atoms with Crippen LogP contribution in [0.1, 0.15) is 15.9 Å². The third-order valence-corrected chi connectivity index (χ3v) is 2.89. The molecule has 20 heavy (non-hydrogen) atoms. The molecule has 0 aliphatic heterocycles. The smallest absolute Gasteiger partial charge is 0.296 e. The molecule has 0 saturated carbocycles. The maximum atomic E-state index is 12.0. The van der Waals surface area contributed by atoms with Gasteiger partial charge in [-0.3, -0.25) is 9.59 Å². The molecule has 0 atom stereocenters.